The number of aryl methyl sites for hydroxylation is 1. The number of benzene rings is 2. The van der Waals surface area contributed by atoms with E-state index in [1.807, 2.05) is 18.3 Å². The molecule has 166 valence electrons. The second-order valence-electron chi connectivity index (χ2n) is 8.55. The lowest BCUT2D eigenvalue weighted by atomic mass is 10.0. The molecule has 5 nitrogen and oxygen atoms in total. The highest BCUT2D eigenvalue weighted by molar-refractivity contribution is 7.80. The van der Waals surface area contributed by atoms with E-state index in [4.69, 9.17) is 12.2 Å². The number of pyridine rings is 1. The van der Waals surface area contributed by atoms with Crippen molar-refractivity contribution in [1.82, 2.24) is 14.9 Å². The molecule has 4 aromatic rings. The molecule has 0 amide bonds. The van der Waals surface area contributed by atoms with Gasteiger partial charge in [0.05, 0.1) is 11.7 Å². The molecule has 1 aliphatic heterocycles. The van der Waals surface area contributed by atoms with E-state index < -0.39 is 0 Å². The van der Waals surface area contributed by atoms with Gasteiger partial charge in [-0.25, -0.2) is 0 Å². The van der Waals surface area contributed by atoms with E-state index in [0.29, 0.717) is 5.11 Å². The van der Waals surface area contributed by atoms with Crippen LogP contribution in [0.15, 0.2) is 91.3 Å². The Bertz CT molecular complexity index is 1260. The number of hydrogen-bond acceptors (Lipinski definition) is 3. The molecule has 0 aliphatic carbocycles. The number of aromatic nitrogens is 2. The molecule has 3 heterocycles. The van der Waals surface area contributed by atoms with Gasteiger partial charge in [0.1, 0.15) is 6.04 Å². The van der Waals surface area contributed by atoms with E-state index in [9.17, 15) is 0 Å². The summed E-state index contributed by atoms with van der Waals surface area (Å²) in [6, 6.07) is 27.3. The van der Waals surface area contributed by atoms with Crippen LogP contribution in [0.2, 0.25) is 0 Å². The lowest BCUT2D eigenvalue weighted by Gasteiger charge is -2.29. The van der Waals surface area contributed by atoms with Crippen molar-refractivity contribution in [3.05, 3.63) is 108 Å². The third kappa shape index (κ3) is 3.98. The van der Waals surface area contributed by atoms with E-state index in [2.05, 4.69) is 119 Å². The van der Waals surface area contributed by atoms with Crippen LogP contribution in [0.25, 0.3) is 5.69 Å². The summed E-state index contributed by atoms with van der Waals surface area (Å²) in [7, 11) is 4.11. The van der Waals surface area contributed by atoms with Gasteiger partial charge in [0.25, 0.3) is 0 Å². The fourth-order valence-corrected chi connectivity index (χ4v) is 4.84. The quantitative estimate of drug-likeness (QED) is 0.408. The Morgan fingerprint density at radius 3 is 2.42 bits per heavy atom. The van der Waals surface area contributed by atoms with Gasteiger partial charge >= 0.3 is 0 Å². The van der Waals surface area contributed by atoms with Crippen LogP contribution >= 0.6 is 12.2 Å². The fourth-order valence-electron chi connectivity index (χ4n) is 4.49. The van der Waals surface area contributed by atoms with Gasteiger partial charge in [-0.05, 0) is 85.4 Å². The Hall–Kier alpha value is -3.64. The van der Waals surface area contributed by atoms with E-state index in [0.717, 1.165) is 22.8 Å². The molecule has 2 aromatic heterocycles. The zero-order chi connectivity index (χ0) is 22.9. The molecule has 2 aromatic carbocycles. The van der Waals surface area contributed by atoms with E-state index in [-0.39, 0.29) is 12.1 Å². The van der Waals surface area contributed by atoms with Gasteiger partial charge < -0.3 is 19.7 Å². The molecule has 1 N–H and O–H groups in total. The third-order valence-corrected chi connectivity index (χ3v) is 6.42. The summed E-state index contributed by atoms with van der Waals surface area (Å²) >= 11 is 5.87. The first-order chi connectivity index (χ1) is 16.0. The Kier molecular flexibility index (Phi) is 5.60. The second kappa shape index (κ2) is 8.71. The van der Waals surface area contributed by atoms with Gasteiger partial charge in [-0.2, -0.15) is 0 Å². The van der Waals surface area contributed by atoms with Crippen molar-refractivity contribution in [2.75, 3.05) is 23.9 Å². The molecule has 0 unspecified atom stereocenters. The van der Waals surface area contributed by atoms with Crippen molar-refractivity contribution >= 4 is 28.7 Å². The van der Waals surface area contributed by atoms with Crippen molar-refractivity contribution in [2.24, 2.45) is 0 Å². The highest BCUT2D eigenvalue weighted by Crippen LogP contribution is 2.42. The Balaban J connectivity index is 1.64. The first-order valence-corrected chi connectivity index (χ1v) is 11.5. The molecule has 0 spiro atoms. The molecule has 1 fully saturated rings. The predicted molar refractivity (Wildman–Crippen MR) is 139 cm³/mol. The minimum atomic E-state index is -0.0751. The molecule has 33 heavy (non-hydrogen) atoms. The molecule has 0 radical (unpaired) electrons. The lowest BCUT2D eigenvalue weighted by molar-refractivity contribution is 0.549. The van der Waals surface area contributed by atoms with Crippen molar-refractivity contribution in [2.45, 2.75) is 19.0 Å². The van der Waals surface area contributed by atoms with Crippen molar-refractivity contribution < 1.29 is 0 Å². The average molecular weight is 454 g/mol. The monoisotopic (exact) mass is 453 g/mol. The first-order valence-electron chi connectivity index (χ1n) is 11.1. The molecular weight excluding hydrogens is 426 g/mol. The molecule has 1 saturated heterocycles. The predicted octanol–water partition coefficient (Wildman–Crippen LogP) is 5.42. The van der Waals surface area contributed by atoms with Crippen molar-refractivity contribution in [3.8, 4) is 5.69 Å². The normalized spacial score (nSPS) is 17.8. The second-order valence-corrected chi connectivity index (χ2v) is 8.94. The zero-order valence-electron chi connectivity index (χ0n) is 19.0. The molecular formula is C27H27N5S. The van der Waals surface area contributed by atoms with Crippen LogP contribution in [0, 0.1) is 6.92 Å². The number of nitrogens with zero attached hydrogens (tertiary/aromatic N) is 4. The van der Waals surface area contributed by atoms with Crippen LogP contribution in [0.3, 0.4) is 0 Å². The van der Waals surface area contributed by atoms with Gasteiger partial charge in [-0.1, -0.05) is 18.2 Å². The number of hydrogen-bond donors (Lipinski definition) is 1. The zero-order valence-corrected chi connectivity index (χ0v) is 19.8. The highest BCUT2D eigenvalue weighted by atomic mass is 32.1. The topological polar surface area (TPSA) is 36.3 Å². The first kappa shape index (κ1) is 21.2. The average Bonchev–Trinajstić information content (AvgIpc) is 3.44. The van der Waals surface area contributed by atoms with Crippen LogP contribution in [0.4, 0.5) is 11.4 Å². The SMILES string of the molecule is Cc1cccc(N2C(=S)N[C@H](c3ccccn3)[C@@H]2c2cccn2-c2ccc(N(C)C)cc2)c1. The number of rotatable bonds is 5. The lowest BCUT2D eigenvalue weighted by Crippen LogP contribution is -2.30. The number of nitrogens with one attached hydrogen (secondary N) is 1. The molecule has 5 rings (SSSR count). The van der Waals surface area contributed by atoms with E-state index in [1.165, 1.54) is 11.3 Å². The number of anilines is 2. The van der Waals surface area contributed by atoms with Crippen molar-refractivity contribution in [1.29, 1.82) is 0 Å². The van der Waals surface area contributed by atoms with Crippen molar-refractivity contribution in [3.63, 3.8) is 0 Å². The van der Waals surface area contributed by atoms with Gasteiger partial charge in [0, 0.05) is 49.2 Å². The maximum absolute atomic E-state index is 5.87. The van der Waals surface area contributed by atoms with E-state index >= 15 is 0 Å². The van der Waals surface area contributed by atoms with E-state index in [1.54, 1.807) is 0 Å². The maximum Gasteiger partial charge on any atom is 0.174 e. The smallest absolute Gasteiger partial charge is 0.174 e. The Labute approximate surface area is 200 Å². The van der Waals surface area contributed by atoms with Crippen LogP contribution in [0.1, 0.15) is 29.0 Å². The fraction of sp³-hybridized carbons (Fsp3) is 0.185. The maximum atomic E-state index is 5.87. The summed E-state index contributed by atoms with van der Waals surface area (Å²) in [4.78, 5) is 9.00. The number of thiocarbonyl (C=S) groups is 1. The summed E-state index contributed by atoms with van der Waals surface area (Å²) < 4.78 is 2.25. The summed E-state index contributed by atoms with van der Waals surface area (Å²) in [6.07, 6.45) is 3.96. The summed E-state index contributed by atoms with van der Waals surface area (Å²) in [5.41, 5.74) is 6.68. The molecule has 1 aliphatic rings. The minimum Gasteiger partial charge on any atom is -0.378 e. The van der Waals surface area contributed by atoms with Gasteiger partial charge in [0.15, 0.2) is 5.11 Å². The summed E-state index contributed by atoms with van der Waals surface area (Å²) in [5, 5.41) is 4.26. The molecule has 0 bridgehead atoms. The Morgan fingerprint density at radius 1 is 0.909 bits per heavy atom. The largest absolute Gasteiger partial charge is 0.378 e. The van der Waals surface area contributed by atoms with Crippen LogP contribution in [-0.4, -0.2) is 28.8 Å². The van der Waals surface area contributed by atoms with Crippen LogP contribution < -0.4 is 15.1 Å². The van der Waals surface area contributed by atoms with Gasteiger partial charge in [-0.15, -0.1) is 0 Å². The molecule has 0 saturated carbocycles. The minimum absolute atomic E-state index is 0.0577. The molecule has 6 heteroatoms. The van der Waals surface area contributed by atoms with Gasteiger partial charge in [0.2, 0.25) is 0 Å². The third-order valence-electron chi connectivity index (χ3n) is 6.11. The van der Waals surface area contributed by atoms with Crippen LogP contribution in [0.5, 0.6) is 0 Å². The Morgan fingerprint density at radius 2 is 1.73 bits per heavy atom. The highest BCUT2D eigenvalue weighted by Gasteiger charge is 2.42. The molecule has 2 atom stereocenters. The summed E-state index contributed by atoms with van der Waals surface area (Å²) in [6.45, 7) is 2.11. The van der Waals surface area contributed by atoms with Gasteiger partial charge in [-0.3, -0.25) is 4.98 Å². The standard InChI is InChI=1S/C27H27N5S/c1-19-8-6-9-22(18-19)32-26(25(29-27(32)33)23-10-4-5-16-28-23)24-11-7-17-31(24)21-14-12-20(13-15-21)30(2)3/h4-18,25-26H,1-3H3,(H,29,33)/t25-,26+/m1/s1. The summed E-state index contributed by atoms with van der Waals surface area (Å²) in [5.74, 6) is 0. The van der Waals surface area contributed by atoms with Crippen LogP contribution in [-0.2, 0) is 0 Å².